The van der Waals surface area contributed by atoms with Crippen molar-refractivity contribution in [2.24, 2.45) is 5.10 Å². The van der Waals surface area contributed by atoms with Gasteiger partial charge in [-0.1, -0.05) is 51.8 Å². The fourth-order valence-electron chi connectivity index (χ4n) is 3.14. The third kappa shape index (κ3) is 3.70. The molecular weight excluding hydrogens is 428 g/mol. The number of halogens is 2. The zero-order valence-corrected chi connectivity index (χ0v) is 16.9. The minimum atomic E-state index is -0.252. The van der Waals surface area contributed by atoms with Gasteiger partial charge in [0, 0.05) is 28.4 Å². The number of hydrogen-bond donors (Lipinski definition) is 0. The maximum atomic E-state index is 12.1. The quantitative estimate of drug-likeness (QED) is 0.494. The molecule has 0 saturated heterocycles. The first kappa shape index (κ1) is 18.0. The van der Waals surface area contributed by atoms with Crippen LogP contribution < -0.4 is 0 Å². The molecule has 1 atom stereocenters. The first-order chi connectivity index (χ1) is 13.0. The molecule has 0 radical (unpaired) electrons. The van der Waals surface area contributed by atoms with E-state index in [2.05, 4.69) is 21.0 Å². The van der Waals surface area contributed by atoms with Crippen molar-refractivity contribution in [2.75, 3.05) is 0 Å². The molecule has 0 fully saturated rings. The Morgan fingerprint density at radius 1 is 1.07 bits per heavy atom. The summed E-state index contributed by atoms with van der Waals surface area (Å²) in [6, 6.07) is 19.0. The van der Waals surface area contributed by atoms with Crippen LogP contribution in [-0.2, 0) is 4.79 Å². The number of benzene rings is 2. The number of amides is 1. The van der Waals surface area contributed by atoms with Gasteiger partial charge in [-0.05, 0) is 42.0 Å². The van der Waals surface area contributed by atoms with Gasteiger partial charge in [-0.15, -0.1) is 0 Å². The highest BCUT2D eigenvalue weighted by Gasteiger charge is 2.33. The second-order valence-corrected chi connectivity index (χ2v) is 7.70. The highest BCUT2D eigenvalue weighted by molar-refractivity contribution is 9.10. The summed E-state index contributed by atoms with van der Waals surface area (Å²) in [5, 5.41) is 6.69. The van der Waals surface area contributed by atoms with Crippen LogP contribution in [0.4, 0.5) is 0 Å². The van der Waals surface area contributed by atoms with E-state index in [1.54, 1.807) is 0 Å². The predicted molar refractivity (Wildman–Crippen MR) is 110 cm³/mol. The van der Waals surface area contributed by atoms with Crippen LogP contribution in [0.25, 0.3) is 11.3 Å². The molecule has 1 aliphatic heterocycles. The standard InChI is InChI=1S/C21H16BrClN2O2/c1-13(26)25-19(12-18(24-25)14-4-8-17(23)9-5-14)21-11-10-20(27-21)15-2-6-16(22)7-3-15/h2-11,19H,12H2,1H3. The summed E-state index contributed by atoms with van der Waals surface area (Å²) in [5.74, 6) is 1.36. The van der Waals surface area contributed by atoms with Crippen LogP contribution in [0.5, 0.6) is 0 Å². The summed E-state index contributed by atoms with van der Waals surface area (Å²) in [7, 11) is 0. The Hall–Kier alpha value is -2.37. The Kier molecular flexibility index (Phi) is 4.89. The van der Waals surface area contributed by atoms with Gasteiger partial charge in [0.05, 0.1) is 5.71 Å². The molecule has 1 amide bonds. The summed E-state index contributed by atoms with van der Waals surface area (Å²) < 4.78 is 7.09. The molecule has 0 bridgehead atoms. The highest BCUT2D eigenvalue weighted by atomic mass is 79.9. The van der Waals surface area contributed by atoms with E-state index in [0.29, 0.717) is 11.4 Å². The SMILES string of the molecule is CC(=O)N1N=C(c2ccc(Cl)cc2)CC1c1ccc(-c2ccc(Br)cc2)o1. The minimum absolute atomic E-state index is 0.120. The van der Waals surface area contributed by atoms with Gasteiger partial charge in [0.2, 0.25) is 5.91 Å². The molecule has 1 unspecified atom stereocenters. The van der Waals surface area contributed by atoms with Crippen LogP contribution in [-0.4, -0.2) is 16.6 Å². The Bertz CT molecular complexity index is 1010. The summed E-state index contributed by atoms with van der Waals surface area (Å²) >= 11 is 9.41. The topological polar surface area (TPSA) is 45.8 Å². The molecule has 2 aromatic carbocycles. The number of carbonyl (C=O) groups excluding carboxylic acids is 1. The predicted octanol–water partition coefficient (Wildman–Crippen LogP) is 6.06. The van der Waals surface area contributed by atoms with Crippen molar-refractivity contribution in [3.05, 3.63) is 81.5 Å². The normalized spacial score (nSPS) is 16.5. The van der Waals surface area contributed by atoms with E-state index in [-0.39, 0.29) is 11.9 Å². The summed E-state index contributed by atoms with van der Waals surface area (Å²) in [4.78, 5) is 12.1. The van der Waals surface area contributed by atoms with E-state index in [0.717, 1.165) is 32.8 Å². The zero-order chi connectivity index (χ0) is 19.0. The van der Waals surface area contributed by atoms with E-state index in [4.69, 9.17) is 16.0 Å². The molecule has 1 aliphatic rings. The first-order valence-electron chi connectivity index (χ1n) is 8.50. The second-order valence-electron chi connectivity index (χ2n) is 6.35. The van der Waals surface area contributed by atoms with Crippen LogP contribution in [0.3, 0.4) is 0 Å². The summed E-state index contributed by atoms with van der Waals surface area (Å²) in [6.07, 6.45) is 0.592. The minimum Gasteiger partial charge on any atom is -0.459 e. The fourth-order valence-corrected chi connectivity index (χ4v) is 3.53. The average Bonchev–Trinajstić information content (AvgIpc) is 3.30. The number of furan rings is 1. The van der Waals surface area contributed by atoms with Crippen LogP contribution >= 0.6 is 27.5 Å². The molecule has 4 rings (SSSR count). The Balaban J connectivity index is 1.62. The molecule has 0 N–H and O–H groups in total. The van der Waals surface area contributed by atoms with Crippen LogP contribution in [0, 0.1) is 0 Å². The lowest BCUT2D eigenvalue weighted by Gasteiger charge is -2.17. The van der Waals surface area contributed by atoms with E-state index >= 15 is 0 Å². The lowest BCUT2D eigenvalue weighted by atomic mass is 10.0. The Morgan fingerprint density at radius 2 is 1.74 bits per heavy atom. The number of carbonyl (C=O) groups is 1. The molecule has 136 valence electrons. The summed E-state index contributed by atoms with van der Waals surface area (Å²) in [6.45, 7) is 1.51. The third-order valence-electron chi connectivity index (χ3n) is 4.49. The molecule has 4 nitrogen and oxygen atoms in total. The second kappa shape index (κ2) is 7.33. The van der Waals surface area contributed by atoms with Crippen molar-refractivity contribution in [1.82, 2.24) is 5.01 Å². The van der Waals surface area contributed by atoms with Crippen LogP contribution in [0.15, 0.2) is 74.7 Å². The Labute approximate surface area is 170 Å². The van der Waals surface area contributed by atoms with Gasteiger partial charge < -0.3 is 4.42 Å². The molecule has 0 aliphatic carbocycles. The van der Waals surface area contributed by atoms with Crippen molar-refractivity contribution in [3.63, 3.8) is 0 Å². The third-order valence-corrected chi connectivity index (χ3v) is 5.28. The maximum absolute atomic E-state index is 12.1. The van der Waals surface area contributed by atoms with E-state index < -0.39 is 0 Å². The summed E-state index contributed by atoms with van der Waals surface area (Å²) in [5.41, 5.74) is 2.77. The van der Waals surface area contributed by atoms with Crippen molar-refractivity contribution < 1.29 is 9.21 Å². The first-order valence-corrected chi connectivity index (χ1v) is 9.67. The molecule has 27 heavy (non-hydrogen) atoms. The van der Waals surface area contributed by atoms with E-state index in [1.165, 1.54) is 11.9 Å². The van der Waals surface area contributed by atoms with Crippen molar-refractivity contribution in [3.8, 4) is 11.3 Å². The van der Waals surface area contributed by atoms with Gasteiger partial charge >= 0.3 is 0 Å². The molecular formula is C21H16BrClN2O2. The van der Waals surface area contributed by atoms with Gasteiger partial charge in [0.15, 0.2) is 0 Å². The van der Waals surface area contributed by atoms with Crippen molar-refractivity contribution >= 4 is 39.1 Å². The number of nitrogens with zero attached hydrogens (tertiary/aromatic N) is 2. The van der Waals surface area contributed by atoms with Crippen LogP contribution in [0.2, 0.25) is 5.02 Å². The maximum Gasteiger partial charge on any atom is 0.240 e. The molecule has 3 aromatic rings. The molecule has 6 heteroatoms. The zero-order valence-electron chi connectivity index (χ0n) is 14.5. The van der Waals surface area contributed by atoms with Gasteiger partial charge in [-0.25, -0.2) is 5.01 Å². The fraction of sp³-hybridized carbons (Fsp3) is 0.143. The van der Waals surface area contributed by atoms with Gasteiger partial charge in [0.1, 0.15) is 17.6 Å². The molecule has 1 aromatic heterocycles. The number of hydrogen-bond acceptors (Lipinski definition) is 3. The lowest BCUT2D eigenvalue weighted by Crippen LogP contribution is -2.23. The Morgan fingerprint density at radius 3 is 2.41 bits per heavy atom. The smallest absolute Gasteiger partial charge is 0.240 e. The van der Waals surface area contributed by atoms with Gasteiger partial charge in [-0.3, -0.25) is 4.79 Å². The van der Waals surface area contributed by atoms with Gasteiger partial charge in [-0.2, -0.15) is 5.10 Å². The van der Waals surface area contributed by atoms with Crippen molar-refractivity contribution in [1.29, 1.82) is 0 Å². The highest BCUT2D eigenvalue weighted by Crippen LogP contribution is 2.36. The molecule has 0 spiro atoms. The van der Waals surface area contributed by atoms with Gasteiger partial charge in [0.25, 0.3) is 0 Å². The number of rotatable bonds is 3. The lowest BCUT2D eigenvalue weighted by molar-refractivity contribution is -0.130. The van der Waals surface area contributed by atoms with E-state index in [1.807, 2.05) is 60.7 Å². The average molecular weight is 444 g/mol. The van der Waals surface area contributed by atoms with Crippen LogP contribution in [0.1, 0.15) is 30.7 Å². The van der Waals surface area contributed by atoms with E-state index in [9.17, 15) is 4.79 Å². The number of hydrazone groups is 1. The monoisotopic (exact) mass is 442 g/mol. The largest absolute Gasteiger partial charge is 0.459 e. The van der Waals surface area contributed by atoms with Crippen molar-refractivity contribution in [2.45, 2.75) is 19.4 Å². The molecule has 2 heterocycles. The molecule has 0 saturated carbocycles.